The summed E-state index contributed by atoms with van der Waals surface area (Å²) in [6.07, 6.45) is -0.405. The number of hydrogen-bond donors (Lipinski definition) is 2. The van der Waals surface area contributed by atoms with Crippen LogP contribution >= 0.6 is 0 Å². The van der Waals surface area contributed by atoms with E-state index < -0.39 is 37.8 Å². The van der Waals surface area contributed by atoms with Crippen molar-refractivity contribution >= 4 is 19.9 Å². The van der Waals surface area contributed by atoms with Crippen LogP contribution in [0, 0.1) is 0 Å². The van der Waals surface area contributed by atoms with Crippen LogP contribution in [0.3, 0.4) is 0 Å². The molecule has 2 atom stereocenters. The lowest BCUT2D eigenvalue weighted by molar-refractivity contribution is 0.176. The lowest BCUT2D eigenvalue weighted by Crippen LogP contribution is -2.42. The second-order valence-corrected chi connectivity index (χ2v) is 8.74. The Kier molecular flexibility index (Phi) is 4.19. The molecule has 1 saturated heterocycles. The zero-order chi connectivity index (χ0) is 15.0. The Hall–Kier alpha value is -0.960. The number of hydrogen-bond acceptors (Lipinski definition) is 5. The lowest BCUT2D eigenvalue weighted by Gasteiger charge is -2.15. The molecule has 0 aliphatic carbocycles. The molecule has 6 nitrogen and oxygen atoms in total. The van der Waals surface area contributed by atoms with E-state index in [1.54, 1.807) is 12.1 Å². The zero-order valence-corrected chi connectivity index (χ0v) is 12.6. The Morgan fingerprint density at radius 2 is 1.85 bits per heavy atom. The quantitative estimate of drug-likeness (QED) is 0.792. The van der Waals surface area contributed by atoms with Crippen molar-refractivity contribution in [2.45, 2.75) is 30.4 Å². The van der Waals surface area contributed by atoms with Gasteiger partial charge in [0.25, 0.3) is 0 Å². The minimum atomic E-state index is -3.83. The molecule has 0 bridgehead atoms. The molecule has 112 valence electrons. The number of sulfone groups is 1. The predicted molar refractivity (Wildman–Crippen MR) is 74.6 cm³/mol. The van der Waals surface area contributed by atoms with Gasteiger partial charge in [0.05, 0.1) is 28.5 Å². The van der Waals surface area contributed by atoms with E-state index in [9.17, 15) is 21.9 Å². The molecule has 0 radical (unpaired) electrons. The number of aliphatic hydroxyl groups is 1. The third-order valence-corrected chi connectivity index (χ3v) is 6.49. The van der Waals surface area contributed by atoms with Gasteiger partial charge in [-0.15, -0.1) is 0 Å². The molecule has 1 aliphatic rings. The van der Waals surface area contributed by atoms with Crippen LogP contribution in [0.4, 0.5) is 0 Å². The molecule has 20 heavy (non-hydrogen) atoms. The SMILES string of the molecule is CCc1ccc(S(=O)(=O)N[C@@H]2CS(=O)(=O)C[C@@H]2O)cc1. The number of nitrogens with one attached hydrogen (secondary N) is 1. The number of sulfonamides is 1. The summed E-state index contributed by atoms with van der Waals surface area (Å²) < 4.78 is 49.2. The topological polar surface area (TPSA) is 101 Å². The highest BCUT2D eigenvalue weighted by molar-refractivity contribution is 7.92. The molecule has 1 aliphatic heterocycles. The molecule has 0 spiro atoms. The van der Waals surface area contributed by atoms with Gasteiger partial charge < -0.3 is 5.11 Å². The fourth-order valence-electron chi connectivity index (χ4n) is 2.11. The van der Waals surface area contributed by atoms with Crippen molar-refractivity contribution in [1.82, 2.24) is 4.72 Å². The summed E-state index contributed by atoms with van der Waals surface area (Å²) in [5.74, 6) is -0.782. The summed E-state index contributed by atoms with van der Waals surface area (Å²) in [6.45, 7) is 1.96. The number of benzene rings is 1. The van der Waals surface area contributed by atoms with Crippen molar-refractivity contribution in [3.05, 3.63) is 29.8 Å². The maximum Gasteiger partial charge on any atom is 0.240 e. The molecule has 1 aromatic rings. The fraction of sp³-hybridized carbons (Fsp3) is 0.500. The van der Waals surface area contributed by atoms with Crippen LogP contribution in [0.5, 0.6) is 0 Å². The van der Waals surface area contributed by atoms with E-state index in [2.05, 4.69) is 4.72 Å². The summed E-state index contributed by atoms with van der Waals surface area (Å²) in [4.78, 5) is 0.0613. The first-order valence-electron chi connectivity index (χ1n) is 6.23. The molecule has 2 rings (SSSR count). The third kappa shape index (κ3) is 3.38. The maximum atomic E-state index is 12.1. The molecule has 1 aromatic carbocycles. The molecule has 2 N–H and O–H groups in total. The van der Waals surface area contributed by atoms with E-state index in [0.717, 1.165) is 12.0 Å². The van der Waals surface area contributed by atoms with Crippen molar-refractivity contribution in [3.63, 3.8) is 0 Å². The highest BCUT2D eigenvalue weighted by Crippen LogP contribution is 2.17. The lowest BCUT2D eigenvalue weighted by atomic mass is 10.2. The van der Waals surface area contributed by atoms with E-state index in [0.29, 0.717) is 0 Å². The van der Waals surface area contributed by atoms with E-state index in [-0.39, 0.29) is 10.6 Å². The first-order valence-corrected chi connectivity index (χ1v) is 9.54. The van der Waals surface area contributed by atoms with Crippen LogP contribution < -0.4 is 4.72 Å². The Labute approximate surface area is 118 Å². The molecular weight excluding hydrogens is 302 g/mol. The Bertz CT molecular complexity index is 679. The predicted octanol–water partition coefficient (Wildman–Crippen LogP) is -0.315. The van der Waals surface area contributed by atoms with Crippen molar-refractivity contribution in [3.8, 4) is 0 Å². The van der Waals surface area contributed by atoms with Crippen molar-refractivity contribution in [2.75, 3.05) is 11.5 Å². The van der Waals surface area contributed by atoms with Gasteiger partial charge >= 0.3 is 0 Å². The highest BCUT2D eigenvalue weighted by Gasteiger charge is 2.38. The molecule has 0 saturated carbocycles. The highest BCUT2D eigenvalue weighted by atomic mass is 32.2. The maximum absolute atomic E-state index is 12.1. The minimum Gasteiger partial charge on any atom is -0.390 e. The zero-order valence-electron chi connectivity index (χ0n) is 11.0. The van der Waals surface area contributed by atoms with E-state index in [1.165, 1.54) is 12.1 Å². The molecule has 1 fully saturated rings. The van der Waals surface area contributed by atoms with Crippen LogP contribution in [0.25, 0.3) is 0 Å². The molecule has 0 aromatic heterocycles. The second-order valence-electron chi connectivity index (χ2n) is 4.87. The monoisotopic (exact) mass is 319 g/mol. The van der Waals surface area contributed by atoms with Crippen LogP contribution in [0.1, 0.15) is 12.5 Å². The summed E-state index contributed by atoms with van der Waals surface area (Å²) in [5.41, 5.74) is 1.01. The third-order valence-electron chi connectivity index (χ3n) is 3.27. The molecule has 8 heteroatoms. The van der Waals surface area contributed by atoms with Gasteiger partial charge in [0.1, 0.15) is 0 Å². The van der Waals surface area contributed by atoms with Gasteiger partial charge in [-0.3, -0.25) is 0 Å². The fourth-order valence-corrected chi connectivity index (χ4v) is 5.23. The van der Waals surface area contributed by atoms with Gasteiger partial charge in [-0.2, -0.15) is 0 Å². The summed E-state index contributed by atoms with van der Waals surface area (Å²) in [6, 6.07) is 5.36. The van der Waals surface area contributed by atoms with Gasteiger partial charge in [-0.25, -0.2) is 21.6 Å². The Balaban J connectivity index is 2.19. The molecule has 0 unspecified atom stereocenters. The first kappa shape index (κ1) is 15.4. The summed E-state index contributed by atoms with van der Waals surface area (Å²) in [5, 5.41) is 9.61. The molecular formula is C12H17NO5S2. The van der Waals surface area contributed by atoms with Crippen molar-refractivity contribution in [2.24, 2.45) is 0 Å². The molecule has 0 amide bonds. The van der Waals surface area contributed by atoms with Crippen molar-refractivity contribution in [1.29, 1.82) is 0 Å². The number of rotatable bonds is 4. The number of aryl methyl sites for hydroxylation is 1. The van der Waals surface area contributed by atoms with Gasteiger partial charge in [0.2, 0.25) is 10.0 Å². The minimum absolute atomic E-state index is 0.0613. The van der Waals surface area contributed by atoms with Crippen LogP contribution in [0.15, 0.2) is 29.2 Å². The van der Waals surface area contributed by atoms with Crippen molar-refractivity contribution < 1.29 is 21.9 Å². The average Bonchev–Trinajstić information content (AvgIpc) is 2.61. The van der Waals surface area contributed by atoms with Gasteiger partial charge in [-0.05, 0) is 24.1 Å². The van der Waals surface area contributed by atoms with E-state index in [1.807, 2.05) is 6.92 Å². The largest absolute Gasteiger partial charge is 0.390 e. The Morgan fingerprint density at radius 1 is 1.25 bits per heavy atom. The van der Waals surface area contributed by atoms with E-state index in [4.69, 9.17) is 0 Å². The normalized spacial score (nSPS) is 25.7. The van der Waals surface area contributed by atoms with Gasteiger partial charge in [0.15, 0.2) is 9.84 Å². The van der Waals surface area contributed by atoms with E-state index >= 15 is 0 Å². The standard InChI is InChI=1S/C12H17NO5S2/c1-2-9-3-5-10(6-4-9)20(17,18)13-11-7-19(15,16)8-12(11)14/h3-6,11-14H,2,7-8H2,1H3/t11-,12+/m1/s1. The average molecular weight is 319 g/mol. The summed E-state index contributed by atoms with van der Waals surface area (Å²) in [7, 11) is -7.21. The number of aliphatic hydroxyl groups excluding tert-OH is 1. The Morgan fingerprint density at radius 3 is 2.30 bits per heavy atom. The van der Waals surface area contributed by atoms with Gasteiger partial charge in [-0.1, -0.05) is 19.1 Å². The van der Waals surface area contributed by atoms with Crippen LogP contribution in [0.2, 0.25) is 0 Å². The first-order chi connectivity index (χ1) is 9.23. The smallest absolute Gasteiger partial charge is 0.240 e. The second kappa shape index (κ2) is 5.44. The molecule has 1 heterocycles. The van der Waals surface area contributed by atoms with Gasteiger partial charge in [0, 0.05) is 0 Å². The summed E-state index contributed by atoms with van der Waals surface area (Å²) >= 11 is 0. The van der Waals surface area contributed by atoms with Crippen LogP contribution in [-0.2, 0) is 26.3 Å². The van der Waals surface area contributed by atoms with Crippen LogP contribution in [-0.4, -0.2) is 45.6 Å².